The molecule has 3 nitrogen and oxygen atoms in total. The normalized spacial score (nSPS) is 10.3. The fraction of sp³-hybridized carbons (Fsp3) is 0. The highest BCUT2D eigenvalue weighted by Crippen LogP contribution is 2.16. The Hall–Kier alpha value is -1.42. The van der Waals surface area contributed by atoms with Gasteiger partial charge in [0.15, 0.2) is 6.29 Å². The number of carboxylic acid groups (broad SMARTS) is 1. The van der Waals surface area contributed by atoms with Crippen molar-refractivity contribution in [2.75, 3.05) is 0 Å². The Morgan fingerprint density at radius 3 is 2.92 bits per heavy atom. The Morgan fingerprint density at radius 1 is 1.58 bits per heavy atom. The predicted octanol–water partition coefficient (Wildman–Crippen LogP) is 1.66. The van der Waals surface area contributed by atoms with E-state index in [9.17, 15) is 9.59 Å². The number of aliphatic carboxylic acids is 1. The van der Waals surface area contributed by atoms with Crippen molar-refractivity contribution in [3.05, 3.63) is 28.0 Å². The third kappa shape index (κ3) is 2.03. The molecule has 0 aliphatic heterocycles. The van der Waals surface area contributed by atoms with Crippen molar-refractivity contribution >= 4 is 29.7 Å². The van der Waals surface area contributed by atoms with Crippen LogP contribution in [0.2, 0.25) is 0 Å². The highest BCUT2D eigenvalue weighted by Gasteiger charge is 1.98. The highest BCUT2D eigenvalue weighted by atomic mass is 32.1. The van der Waals surface area contributed by atoms with Gasteiger partial charge >= 0.3 is 5.97 Å². The summed E-state index contributed by atoms with van der Waals surface area (Å²) in [6.07, 6.45) is 3.13. The summed E-state index contributed by atoms with van der Waals surface area (Å²) in [7, 11) is 0. The molecule has 1 aromatic heterocycles. The van der Waals surface area contributed by atoms with Gasteiger partial charge < -0.3 is 5.11 Å². The third-order valence-electron chi connectivity index (χ3n) is 1.23. The largest absolute Gasteiger partial charge is 0.478 e. The molecular formula is C8H6O3S. The minimum absolute atomic E-state index is 0.525. The van der Waals surface area contributed by atoms with Crippen LogP contribution in [0.5, 0.6) is 0 Å². The summed E-state index contributed by atoms with van der Waals surface area (Å²) in [5, 5.41) is 10.0. The molecule has 4 heteroatoms. The van der Waals surface area contributed by atoms with Gasteiger partial charge in [-0.2, -0.15) is 0 Å². The molecule has 0 bridgehead atoms. The zero-order valence-electron chi connectivity index (χ0n) is 6.06. The summed E-state index contributed by atoms with van der Waals surface area (Å²) in [5.41, 5.74) is 0.525. The maximum atomic E-state index is 10.4. The van der Waals surface area contributed by atoms with Gasteiger partial charge in [0.1, 0.15) is 0 Å². The molecular weight excluding hydrogens is 176 g/mol. The van der Waals surface area contributed by atoms with E-state index in [0.29, 0.717) is 16.7 Å². The van der Waals surface area contributed by atoms with Gasteiger partial charge in [-0.15, -0.1) is 11.3 Å². The average Bonchev–Trinajstić information content (AvgIpc) is 2.47. The molecule has 0 saturated heterocycles. The monoisotopic (exact) mass is 182 g/mol. The number of hydrogen-bond acceptors (Lipinski definition) is 3. The van der Waals surface area contributed by atoms with Crippen LogP contribution in [-0.2, 0) is 4.79 Å². The van der Waals surface area contributed by atoms with Gasteiger partial charge in [-0.25, -0.2) is 4.79 Å². The Kier molecular flexibility index (Phi) is 2.76. The maximum Gasteiger partial charge on any atom is 0.328 e. The average molecular weight is 182 g/mol. The zero-order valence-corrected chi connectivity index (χ0v) is 6.88. The second-order valence-electron chi connectivity index (χ2n) is 2.03. The minimum Gasteiger partial charge on any atom is -0.478 e. The lowest BCUT2D eigenvalue weighted by Crippen LogP contribution is -1.85. The van der Waals surface area contributed by atoms with E-state index >= 15 is 0 Å². The van der Waals surface area contributed by atoms with Gasteiger partial charge in [-0.1, -0.05) is 0 Å². The number of carboxylic acids is 1. The first-order valence-corrected chi connectivity index (χ1v) is 4.05. The van der Waals surface area contributed by atoms with Crippen LogP contribution >= 0.6 is 11.3 Å². The van der Waals surface area contributed by atoms with Crippen molar-refractivity contribution in [2.45, 2.75) is 0 Å². The Morgan fingerprint density at radius 2 is 2.33 bits per heavy atom. The molecule has 62 valence electrons. The van der Waals surface area contributed by atoms with Gasteiger partial charge in [0, 0.05) is 16.5 Å². The van der Waals surface area contributed by atoms with Crippen molar-refractivity contribution in [1.29, 1.82) is 0 Å². The second-order valence-corrected chi connectivity index (χ2v) is 2.98. The van der Waals surface area contributed by atoms with E-state index in [1.54, 1.807) is 11.4 Å². The summed E-state index contributed by atoms with van der Waals surface area (Å²) in [5.74, 6) is -1.01. The van der Waals surface area contributed by atoms with Crippen LogP contribution in [0.3, 0.4) is 0 Å². The Balaban J connectivity index is 2.88. The van der Waals surface area contributed by atoms with E-state index in [0.717, 1.165) is 6.08 Å². The first kappa shape index (κ1) is 8.67. The molecule has 0 aliphatic carbocycles. The minimum atomic E-state index is -1.01. The van der Waals surface area contributed by atoms with Crippen molar-refractivity contribution < 1.29 is 14.7 Å². The SMILES string of the molecule is O=Cc1ccsc1/C=C/C(=O)O. The summed E-state index contributed by atoms with van der Waals surface area (Å²) in [6, 6.07) is 1.65. The quantitative estimate of drug-likeness (QED) is 0.571. The van der Waals surface area contributed by atoms with Crippen LogP contribution in [0.25, 0.3) is 6.08 Å². The standard InChI is InChI=1S/C8H6O3S/c9-5-6-3-4-12-7(6)1-2-8(10)11/h1-5H,(H,10,11)/b2-1+. The van der Waals surface area contributed by atoms with E-state index in [1.807, 2.05) is 0 Å². The number of carbonyl (C=O) groups is 2. The molecule has 0 saturated carbocycles. The smallest absolute Gasteiger partial charge is 0.328 e. The lowest BCUT2D eigenvalue weighted by atomic mass is 10.3. The molecule has 0 fully saturated rings. The molecule has 0 aliphatic rings. The number of carbonyl (C=O) groups excluding carboxylic acids is 1. The maximum absolute atomic E-state index is 10.4. The summed E-state index contributed by atoms with van der Waals surface area (Å²) in [6.45, 7) is 0. The molecule has 0 aromatic carbocycles. The molecule has 0 spiro atoms. The van der Waals surface area contributed by atoms with E-state index in [-0.39, 0.29) is 0 Å². The third-order valence-corrected chi connectivity index (χ3v) is 2.13. The van der Waals surface area contributed by atoms with Crippen LogP contribution in [0, 0.1) is 0 Å². The van der Waals surface area contributed by atoms with Crippen molar-refractivity contribution in [1.82, 2.24) is 0 Å². The molecule has 12 heavy (non-hydrogen) atoms. The van der Waals surface area contributed by atoms with E-state index in [4.69, 9.17) is 5.11 Å². The van der Waals surface area contributed by atoms with Crippen LogP contribution in [0.15, 0.2) is 17.5 Å². The fourth-order valence-electron chi connectivity index (χ4n) is 0.711. The molecule has 1 N–H and O–H groups in total. The lowest BCUT2D eigenvalue weighted by molar-refractivity contribution is -0.131. The van der Waals surface area contributed by atoms with E-state index in [1.165, 1.54) is 17.4 Å². The number of hydrogen-bond donors (Lipinski definition) is 1. The van der Waals surface area contributed by atoms with Crippen LogP contribution in [0.1, 0.15) is 15.2 Å². The van der Waals surface area contributed by atoms with Gasteiger partial charge in [-0.05, 0) is 17.5 Å². The van der Waals surface area contributed by atoms with Crippen molar-refractivity contribution in [2.24, 2.45) is 0 Å². The van der Waals surface area contributed by atoms with Crippen molar-refractivity contribution in [3.63, 3.8) is 0 Å². The van der Waals surface area contributed by atoms with Crippen LogP contribution in [-0.4, -0.2) is 17.4 Å². The molecule has 0 amide bonds. The Labute approximate surface area is 73.0 Å². The highest BCUT2D eigenvalue weighted by molar-refractivity contribution is 7.11. The summed E-state index contributed by atoms with van der Waals surface area (Å²) in [4.78, 5) is 21.2. The van der Waals surface area contributed by atoms with Crippen molar-refractivity contribution in [3.8, 4) is 0 Å². The fourth-order valence-corrected chi connectivity index (χ4v) is 1.47. The Bertz CT molecular complexity index is 325. The topological polar surface area (TPSA) is 54.4 Å². The first-order valence-electron chi connectivity index (χ1n) is 3.17. The molecule has 1 heterocycles. The number of aldehydes is 1. The van der Waals surface area contributed by atoms with Gasteiger partial charge in [-0.3, -0.25) is 4.79 Å². The molecule has 0 radical (unpaired) electrons. The van der Waals surface area contributed by atoms with Gasteiger partial charge in [0.05, 0.1) is 0 Å². The summed E-state index contributed by atoms with van der Waals surface area (Å²) < 4.78 is 0. The lowest BCUT2D eigenvalue weighted by Gasteiger charge is -1.85. The molecule has 0 atom stereocenters. The van der Waals surface area contributed by atoms with Crippen LogP contribution < -0.4 is 0 Å². The zero-order chi connectivity index (χ0) is 8.97. The second kappa shape index (κ2) is 3.82. The molecule has 0 unspecified atom stereocenters. The van der Waals surface area contributed by atoms with Crippen LogP contribution in [0.4, 0.5) is 0 Å². The van der Waals surface area contributed by atoms with E-state index < -0.39 is 5.97 Å². The first-order chi connectivity index (χ1) is 5.74. The summed E-state index contributed by atoms with van der Waals surface area (Å²) >= 11 is 1.33. The van der Waals surface area contributed by atoms with Gasteiger partial charge in [0.2, 0.25) is 0 Å². The predicted molar refractivity (Wildman–Crippen MR) is 46.4 cm³/mol. The number of thiophene rings is 1. The van der Waals surface area contributed by atoms with E-state index in [2.05, 4.69) is 0 Å². The number of rotatable bonds is 3. The van der Waals surface area contributed by atoms with Gasteiger partial charge in [0.25, 0.3) is 0 Å². The molecule has 1 aromatic rings. The molecule has 1 rings (SSSR count).